The minimum absolute atomic E-state index is 0.274. The first-order valence-corrected chi connectivity index (χ1v) is 6.47. The Bertz CT molecular complexity index is 622. The summed E-state index contributed by atoms with van der Waals surface area (Å²) in [6.45, 7) is 3.16. The van der Waals surface area contributed by atoms with Crippen molar-refractivity contribution in [1.29, 1.82) is 0 Å². The number of hydrogen-bond donors (Lipinski definition) is 2. The molecule has 0 radical (unpaired) electrons. The SMILES string of the molecule is CC(C(=O)O)C(=O)NC(C)c1ccc(-n2cncn2)cc1. The molecule has 1 heterocycles. The molecule has 2 atom stereocenters. The number of benzene rings is 1. The molecule has 21 heavy (non-hydrogen) atoms. The summed E-state index contributed by atoms with van der Waals surface area (Å²) >= 11 is 0. The second kappa shape index (κ2) is 6.17. The van der Waals surface area contributed by atoms with Gasteiger partial charge in [0, 0.05) is 0 Å². The molecule has 110 valence electrons. The average molecular weight is 288 g/mol. The van der Waals surface area contributed by atoms with Crippen LogP contribution in [0, 0.1) is 5.92 Å². The van der Waals surface area contributed by atoms with Gasteiger partial charge in [-0.3, -0.25) is 9.59 Å². The maximum Gasteiger partial charge on any atom is 0.315 e. The molecule has 2 unspecified atom stereocenters. The molecule has 0 aliphatic heterocycles. The van der Waals surface area contributed by atoms with Crippen molar-refractivity contribution in [3.8, 4) is 5.69 Å². The molecule has 0 bridgehead atoms. The first-order chi connectivity index (χ1) is 9.99. The number of nitrogens with one attached hydrogen (secondary N) is 1. The van der Waals surface area contributed by atoms with Crippen LogP contribution in [-0.4, -0.2) is 31.7 Å². The van der Waals surface area contributed by atoms with Crippen LogP contribution in [0.5, 0.6) is 0 Å². The van der Waals surface area contributed by atoms with E-state index in [1.807, 2.05) is 24.3 Å². The standard InChI is InChI=1S/C14H16N4O3/c1-9(14(20)21)13(19)17-10(2)11-3-5-12(6-4-11)18-8-15-7-16-18/h3-10H,1-2H3,(H,17,19)(H,20,21). The Kier molecular flexibility index (Phi) is 4.32. The fraction of sp³-hybridized carbons (Fsp3) is 0.286. The van der Waals surface area contributed by atoms with Crippen molar-refractivity contribution in [2.75, 3.05) is 0 Å². The fourth-order valence-corrected chi connectivity index (χ4v) is 1.79. The Balaban J connectivity index is 2.05. The zero-order valence-corrected chi connectivity index (χ0v) is 11.7. The Hall–Kier alpha value is -2.70. The molecule has 0 saturated heterocycles. The van der Waals surface area contributed by atoms with Crippen LogP contribution in [-0.2, 0) is 9.59 Å². The van der Waals surface area contributed by atoms with Gasteiger partial charge in [0.25, 0.3) is 0 Å². The first kappa shape index (κ1) is 14.7. The van der Waals surface area contributed by atoms with Gasteiger partial charge < -0.3 is 10.4 Å². The zero-order chi connectivity index (χ0) is 15.4. The average Bonchev–Trinajstić information content (AvgIpc) is 3.00. The van der Waals surface area contributed by atoms with Gasteiger partial charge in [-0.15, -0.1) is 0 Å². The van der Waals surface area contributed by atoms with E-state index in [2.05, 4.69) is 15.4 Å². The largest absolute Gasteiger partial charge is 0.481 e. The third kappa shape index (κ3) is 3.44. The van der Waals surface area contributed by atoms with E-state index in [0.29, 0.717) is 0 Å². The summed E-state index contributed by atoms with van der Waals surface area (Å²) in [6.07, 6.45) is 3.04. The van der Waals surface area contributed by atoms with Crippen LogP contribution in [0.3, 0.4) is 0 Å². The molecule has 0 aliphatic carbocycles. The molecule has 0 fully saturated rings. The number of hydrogen-bond acceptors (Lipinski definition) is 4. The van der Waals surface area contributed by atoms with Crippen LogP contribution in [0.2, 0.25) is 0 Å². The maximum absolute atomic E-state index is 11.7. The van der Waals surface area contributed by atoms with E-state index in [-0.39, 0.29) is 6.04 Å². The fourth-order valence-electron chi connectivity index (χ4n) is 1.79. The maximum atomic E-state index is 11.7. The van der Waals surface area contributed by atoms with Gasteiger partial charge >= 0.3 is 5.97 Å². The molecule has 2 aromatic rings. The van der Waals surface area contributed by atoms with E-state index in [9.17, 15) is 9.59 Å². The lowest BCUT2D eigenvalue weighted by Crippen LogP contribution is -2.35. The number of carboxylic acids is 1. The van der Waals surface area contributed by atoms with E-state index >= 15 is 0 Å². The van der Waals surface area contributed by atoms with Gasteiger partial charge in [-0.05, 0) is 31.5 Å². The summed E-state index contributed by atoms with van der Waals surface area (Å²) in [5.41, 5.74) is 1.73. The highest BCUT2D eigenvalue weighted by atomic mass is 16.4. The normalized spacial score (nSPS) is 13.4. The van der Waals surface area contributed by atoms with Crippen LogP contribution in [0.15, 0.2) is 36.9 Å². The van der Waals surface area contributed by atoms with Gasteiger partial charge in [0.05, 0.1) is 11.7 Å². The van der Waals surface area contributed by atoms with E-state index in [0.717, 1.165) is 11.3 Å². The van der Waals surface area contributed by atoms with Crippen molar-refractivity contribution >= 4 is 11.9 Å². The van der Waals surface area contributed by atoms with Crippen LogP contribution < -0.4 is 5.32 Å². The summed E-state index contributed by atoms with van der Waals surface area (Å²) in [4.78, 5) is 26.3. The van der Waals surface area contributed by atoms with Crippen LogP contribution >= 0.6 is 0 Å². The lowest BCUT2D eigenvalue weighted by molar-refractivity contribution is -0.146. The smallest absolute Gasteiger partial charge is 0.315 e. The van der Waals surface area contributed by atoms with E-state index in [1.54, 1.807) is 17.9 Å². The number of carbonyl (C=O) groups excluding carboxylic acids is 1. The molecular weight excluding hydrogens is 272 g/mol. The minimum atomic E-state index is -1.14. The molecular formula is C14H16N4O3. The van der Waals surface area contributed by atoms with E-state index in [4.69, 9.17) is 5.11 Å². The topological polar surface area (TPSA) is 97.1 Å². The van der Waals surface area contributed by atoms with Gasteiger partial charge in [0.15, 0.2) is 0 Å². The molecule has 7 nitrogen and oxygen atoms in total. The van der Waals surface area contributed by atoms with Crippen molar-refractivity contribution in [2.24, 2.45) is 5.92 Å². The molecule has 2 rings (SSSR count). The third-order valence-corrected chi connectivity index (χ3v) is 3.20. The predicted octanol–water partition coefficient (Wildman–Crippen LogP) is 1.17. The van der Waals surface area contributed by atoms with Crippen molar-refractivity contribution < 1.29 is 14.7 Å². The van der Waals surface area contributed by atoms with Gasteiger partial charge in [0.2, 0.25) is 5.91 Å². The van der Waals surface area contributed by atoms with Gasteiger partial charge in [-0.2, -0.15) is 5.10 Å². The van der Waals surface area contributed by atoms with Crippen molar-refractivity contribution in [3.05, 3.63) is 42.5 Å². The highest BCUT2D eigenvalue weighted by molar-refractivity contribution is 5.96. The van der Waals surface area contributed by atoms with Crippen LogP contribution in [0.1, 0.15) is 25.5 Å². The summed E-state index contributed by atoms with van der Waals surface area (Å²) < 4.78 is 1.62. The minimum Gasteiger partial charge on any atom is -0.481 e. The Morgan fingerprint density at radius 2 is 1.90 bits per heavy atom. The summed E-state index contributed by atoms with van der Waals surface area (Å²) in [5.74, 6) is -2.71. The van der Waals surface area contributed by atoms with Gasteiger partial charge in [0.1, 0.15) is 18.6 Å². The Morgan fingerprint density at radius 1 is 1.24 bits per heavy atom. The second-order valence-corrected chi connectivity index (χ2v) is 4.72. The number of carboxylic acid groups (broad SMARTS) is 1. The monoisotopic (exact) mass is 288 g/mol. The number of amides is 1. The van der Waals surface area contributed by atoms with Crippen molar-refractivity contribution in [2.45, 2.75) is 19.9 Å². The number of carbonyl (C=O) groups is 2. The summed E-state index contributed by atoms with van der Waals surface area (Å²) in [7, 11) is 0. The summed E-state index contributed by atoms with van der Waals surface area (Å²) in [5, 5.41) is 15.5. The van der Waals surface area contributed by atoms with Crippen molar-refractivity contribution in [3.63, 3.8) is 0 Å². The molecule has 1 aromatic carbocycles. The van der Waals surface area contributed by atoms with Gasteiger partial charge in [-0.1, -0.05) is 12.1 Å². The first-order valence-electron chi connectivity index (χ1n) is 6.47. The molecule has 0 spiro atoms. The highest BCUT2D eigenvalue weighted by Crippen LogP contribution is 2.15. The molecule has 0 saturated carbocycles. The molecule has 1 amide bonds. The number of aliphatic carboxylic acids is 1. The Morgan fingerprint density at radius 3 is 2.43 bits per heavy atom. The Labute approximate surface area is 121 Å². The third-order valence-electron chi connectivity index (χ3n) is 3.20. The van der Waals surface area contributed by atoms with Crippen LogP contribution in [0.4, 0.5) is 0 Å². The van der Waals surface area contributed by atoms with Crippen LogP contribution in [0.25, 0.3) is 5.69 Å². The molecule has 2 N–H and O–H groups in total. The molecule has 0 aliphatic rings. The lowest BCUT2D eigenvalue weighted by Gasteiger charge is -2.16. The number of aromatic nitrogens is 3. The lowest BCUT2D eigenvalue weighted by atomic mass is 10.1. The second-order valence-electron chi connectivity index (χ2n) is 4.72. The summed E-state index contributed by atoms with van der Waals surface area (Å²) in [6, 6.07) is 7.14. The number of nitrogens with zero attached hydrogens (tertiary/aromatic N) is 3. The number of rotatable bonds is 5. The highest BCUT2D eigenvalue weighted by Gasteiger charge is 2.22. The quantitative estimate of drug-likeness (QED) is 0.805. The molecule has 7 heteroatoms. The molecule has 1 aromatic heterocycles. The predicted molar refractivity (Wildman–Crippen MR) is 74.7 cm³/mol. The zero-order valence-electron chi connectivity index (χ0n) is 11.7. The van der Waals surface area contributed by atoms with Gasteiger partial charge in [-0.25, -0.2) is 9.67 Å². The van der Waals surface area contributed by atoms with Crippen molar-refractivity contribution in [1.82, 2.24) is 20.1 Å². The van der Waals surface area contributed by atoms with E-state index < -0.39 is 17.8 Å². The van der Waals surface area contributed by atoms with E-state index in [1.165, 1.54) is 13.3 Å².